The van der Waals surface area contributed by atoms with Crippen LogP contribution in [0.1, 0.15) is 104 Å². The highest BCUT2D eigenvalue weighted by molar-refractivity contribution is 5.86. The van der Waals surface area contributed by atoms with Crippen LogP contribution in [0.3, 0.4) is 0 Å². The van der Waals surface area contributed by atoms with E-state index in [0.717, 1.165) is 54.5 Å². The number of likely N-dealkylation sites (tertiary alicyclic amines) is 1. The third kappa shape index (κ3) is 7.66. The molecule has 1 aliphatic heterocycles. The van der Waals surface area contributed by atoms with Crippen molar-refractivity contribution in [3.05, 3.63) is 23.9 Å². The van der Waals surface area contributed by atoms with Crippen LogP contribution in [0.4, 0.5) is 0 Å². The quantitative estimate of drug-likeness (QED) is 0.176. The lowest BCUT2D eigenvalue weighted by Gasteiger charge is -2.42. The molecule has 1 amide bonds. The van der Waals surface area contributed by atoms with Crippen molar-refractivity contribution in [1.29, 1.82) is 0 Å². The number of methoxy groups -OCH3 is 1. The van der Waals surface area contributed by atoms with E-state index in [0.29, 0.717) is 23.6 Å². The van der Waals surface area contributed by atoms with Crippen molar-refractivity contribution >= 4 is 29.2 Å². The van der Waals surface area contributed by atoms with Crippen LogP contribution in [-0.2, 0) is 20.8 Å². The summed E-state index contributed by atoms with van der Waals surface area (Å²) in [6.45, 7) is 7.76. The second-order valence-electron chi connectivity index (χ2n) is 15.1. The van der Waals surface area contributed by atoms with E-state index in [9.17, 15) is 19.5 Å². The molecule has 46 heavy (non-hydrogen) atoms. The molecule has 1 aromatic carbocycles. The van der Waals surface area contributed by atoms with Crippen LogP contribution in [-0.4, -0.2) is 63.9 Å². The molecule has 2 heterocycles. The highest BCUT2D eigenvalue weighted by Gasteiger charge is 2.48. The summed E-state index contributed by atoms with van der Waals surface area (Å²) < 4.78 is 12.1. The van der Waals surface area contributed by atoms with Gasteiger partial charge < -0.3 is 24.3 Å². The first-order valence-electron chi connectivity index (χ1n) is 17.5. The average Bonchev–Trinajstić information content (AvgIpc) is 3.40. The van der Waals surface area contributed by atoms with Crippen LogP contribution >= 0.6 is 0 Å². The van der Waals surface area contributed by atoms with Crippen LogP contribution < -0.4 is 9.47 Å². The fourth-order valence-electron chi connectivity index (χ4n) is 8.41. The number of fused-ring (bicyclic) bond motifs is 4. The van der Waals surface area contributed by atoms with Gasteiger partial charge in [-0.2, -0.15) is 0 Å². The molecule has 9 nitrogen and oxygen atoms in total. The third-order valence-electron chi connectivity index (χ3n) is 11.1. The Morgan fingerprint density at radius 3 is 2.46 bits per heavy atom. The Hall–Kier alpha value is -3.23. The first-order valence-corrected chi connectivity index (χ1v) is 17.5. The van der Waals surface area contributed by atoms with E-state index in [4.69, 9.17) is 19.4 Å². The number of ether oxygens (including phenoxy) is 2. The largest absolute Gasteiger partial charge is 0.497 e. The van der Waals surface area contributed by atoms with E-state index in [1.807, 2.05) is 45.9 Å². The Bertz CT molecular complexity index is 1380. The molecule has 0 radical (unpaired) electrons. The van der Waals surface area contributed by atoms with E-state index >= 15 is 0 Å². The van der Waals surface area contributed by atoms with Crippen LogP contribution in [0.2, 0.25) is 0 Å². The van der Waals surface area contributed by atoms with Crippen LogP contribution in [0.15, 0.2) is 18.2 Å². The number of nitrogens with zero attached hydrogens (tertiary/aromatic N) is 3. The van der Waals surface area contributed by atoms with Crippen molar-refractivity contribution in [3.63, 3.8) is 0 Å². The van der Waals surface area contributed by atoms with Gasteiger partial charge in [0.1, 0.15) is 23.8 Å². The fourth-order valence-corrected chi connectivity index (χ4v) is 8.41. The standard InChI is InChI=1S/C37H53N3O6/c1-6-27-32(22-41)40(36(44)28(20-34(42)43)37(2,3)4)21-33(27)46-35-30(38-29-17-16-26(45-5)19-31(29)39-35)11-9-7-8-10-25-18-23-12-14-24(25)15-13-23/h16-17,19,22-25,27-28,32-33H,6-15,18,20-21H2,1-5H3,(H,42,43)/t23?,24?,25-,27-,28+,32+,33-/m0/s1. The van der Waals surface area contributed by atoms with Gasteiger partial charge in [0.2, 0.25) is 11.8 Å². The minimum atomic E-state index is -1.03. The van der Waals surface area contributed by atoms with Gasteiger partial charge in [-0.15, -0.1) is 0 Å². The molecule has 1 saturated heterocycles. The molecule has 252 valence electrons. The van der Waals surface area contributed by atoms with Crippen LogP contribution in [0.5, 0.6) is 11.6 Å². The van der Waals surface area contributed by atoms with Crippen LogP contribution in [0.25, 0.3) is 11.0 Å². The van der Waals surface area contributed by atoms with Gasteiger partial charge in [-0.1, -0.05) is 59.8 Å². The number of rotatable bonds is 14. The lowest BCUT2D eigenvalue weighted by Crippen LogP contribution is -2.46. The maximum absolute atomic E-state index is 13.8. The number of aldehydes is 1. The van der Waals surface area contributed by atoms with Gasteiger partial charge in [0.25, 0.3) is 0 Å². The second kappa shape index (κ2) is 14.7. The topological polar surface area (TPSA) is 119 Å². The summed E-state index contributed by atoms with van der Waals surface area (Å²) in [5.74, 6) is 1.54. The summed E-state index contributed by atoms with van der Waals surface area (Å²) in [5, 5.41) is 9.57. The molecule has 9 heteroatoms. The number of unbranched alkanes of at least 4 members (excludes halogenated alkanes) is 2. The maximum Gasteiger partial charge on any atom is 0.304 e. The number of benzene rings is 1. The molecule has 0 spiro atoms. The number of carboxylic acids is 1. The summed E-state index contributed by atoms with van der Waals surface area (Å²) in [5.41, 5.74) is 1.63. The zero-order valence-electron chi connectivity index (χ0n) is 28.4. The van der Waals surface area contributed by atoms with Crippen molar-refractivity contribution in [2.75, 3.05) is 13.7 Å². The molecule has 0 unspecified atom stereocenters. The first kappa shape index (κ1) is 34.1. The highest BCUT2D eigenvalue weighted by atomic mass is 16.5. The zero-order valence-corrected chi connectivity index (χ0v) is 28.4. The number of amides is 1. The molecule has 3 saturated carbocycles. The Labute approximate surface area is 273 Å². The van der Waals surface area contributed by atoms with Crippen molar-refractivity contribution in [2.24, 2.45) is 35.0 Å². The number of hydrogen-bond donors (Lipinski definition) is 1. The van der Waals surface area contributed by atoms with Gasteiger partial charge in [-0.3, -0.25) is 9.59 Å². The second-order valence-corrected chi connectivity index (χ2v) is 15.1. The summed E-state index contributed by atoms with van der Waals surface area (Å²) in [6.07, 6.45) is 13.2. The lowest BCUT2D eigenvalue weighted by atomic mass is 9.63. The SMILES string of the molecule is CC[C@@H]1[C@@H](Oc2nc3cc(OC)ccc3nc2CCCCC[C@H]2CC3CCC2CC3)CN(C(=O)[C@@H](CC(=O)O)C(C)(C)C)[C@@H]1C=O. The number of aromatic nitrogens is 2. The predicted octanol–water partition coefficient (Wildman–Crippen LogP) is 6.89. The normalized spacial score (nSPS) is 26.7. The number of aliphatic carboxylic acids is 1. The molecule has 3 aliphatic carbocycles. The average molecular weight is 636 g/mol. The Kier molecular flexibility index (Phi) is 10.9. The predicted molar refractivity (Wildman–Crippen MR) is 177 cm³/mol. The number of carbonyl (C=O) groups is 3. The molecule has 6 rings (SSSR count). The number of carbonyl (C=O) groups excluding carboxylic acids is 2. The molecule has 2 bridgehead atoms. The van der Waals surface area contributed by atoms with Gasteiger partial charge in [0.05, 0.1) is 43.1 Å². The Morgan fingerprint density at radius 2 is 1.85 bits per heavy atom. The molecule has 5 atom stereocenters. The summed E-state index contributed by atoms with van der Waals surface area (Å²) in [4.78, 5) is 49.4. The smallest absolute Gasteiger partial charge is 0.304 e. The summed E-state index contributed by atoms with van der Waals surface area (Å²) in [6, 6.07) is 4.93. The van der Waals surface area contributed by atoms with Crippen LogP contribution in [0, 0.1) is 35.0 Å². The number of aryl methyl sites for hydroxylation is 1. The minimum absolute atomic E-state index is 0.188. The summed E-state index contributed by atoms with van der Waals surface area (Å²) in [7, 11) is 1.61. The van der Waals surface area contributed by atoms with Gasteiger partial charge in [0.15, 0.2) is 0 Å². The first-order chi connectivity index (χ1) is 22.0. The highest BCUT2D eigenvalue weighted by Crippen LogP contribution is 2.47. The molecular weight excluding hydrogens is 582 g/mol. The van der Waals surface area contributed by atoms with Gasteiger partial charge >= 0.3 is 5.97 Å². The molecule has 1 aromatic heterocycles. The fraction of sp³-hybridized carbons (Fsp3) is 0.703. The molecular formula is C37H53N3O6. The van der Waals surface area contributed by atoms with E-state index in [2.05, 4.69) is 0 Å². The van der Waals surface area contributed by atoms with Crippen molar-refractivity contribution in [2.45, 2.75) is 117 Å². The molecule has 4 fully saturated rings. The Balaban J connectivity index is 1.33. The summed E-state index contributed by atoms with van der Waals surface area (Å²) >= 11 is 0. The van der Waals surface area contributed by atoms with E-state index in [1.54, 1.807) is 12.0 Å². The lowest BCUT2D eigenvalue weighted by molar-refractivity contribution is -0.149. The van der Waals surface area contributed by atoms with Gasteiger partial charge in [0, 0.05) is 12.0 Å². The Morgan fingerprint density at radius 1 is 1.09 bits per heavy atom. The van der Waals surface area contributed by atoms with Crippen molar-refractivity contribution < 1.29 is 29.0 Å². The monoisotopic (exact) mass is 635 g/mol. The molecule has 1 N–H and O–H groups in total. The third-order valence-corrected chi connectivity index (χ3v) is 11.1. The number of carboxylic acid groups (broad SMARTS) is 1. The van der Waals surface area contributed by atoms with E-state index in [1.165, 1.54) is 44.9 Å². The van der Waals surface area contributed by atoms with E-state index in [-0.39, 0.29) is 24.8 Å². The molecule has 2 aromatic rings. The van der Waals surface area contributed by atoms with Gasteiger partial charge in [-0.25, -0.2) is 9.97 Å². The zero-order chi connectivity index (χ0) is 33.0. The minimum Gasteiger partial charge on any atom is -0.497 e. The van der Waals surface area contributed by atoms with E-state index < -0.39 is 29.4 Å². The van der Waals surface area contributed by atoms with Crippen molar-refractivity contribution in [3.8, 4) is 11.6 Å². The number of hydrogen-bond acceptors (Lipinski definition) is 7. The van der Waals surface area contributed by atoms with Crippen molar-refractivity contribution in [1.82, 2.24) is 14.9 Å². The van der Waals surface area contributed by atoms with Gasteiger partial charge in [-0.05, 0) is 73.8 Å². The molecule has 4 aliphatic rings. The maximum atomic E-state index is 13.8.